The number of rotatable bonds is 7. The molecule has 3 aromatic rings. The molecule has 0 bridgehead atoms. The highest BCUT2D eigenvalue weighted by Gasteiger charge is 2.19. The van der Waals surface area contributed by atoms with E-state index in [4.69, 9.17) is 4.99 Å². The van der Waals surface area contributed by atoms with Crippen LogP contribution in [0.15, 0.2) is 88.8 Å². The number of benzene rings is 3. The molecule has 3 nitrogen and oxygen atoms in total. The second kappa shape index (κ2) is 9.08. The molecule has 1 aliphatic heterocycles. The van der Waals surface area contributed by atoms with Crippen molar-refractivity contribution in [1.29, 1.82) is 0 Å². The van der Waals surface area contributed by atoms with E-state index in [0.717, 1.165) is 34.8 Å². The summed E-state index contributed by atoms with van der Waals surface area (Å²) >= 11 is 0. The Morgan fingerprint density at radius 2 is 1.57 bits per heavy atom. The minimum Gasteiger partial charge on any atom is -0.378 e. The van der Waals surface area contributed by atoms with E-state index >= 15 is 0 Å². The summed E-state index contributed by atoms with van der Waals surface area (Å²) in [6, 6.07) is 27.9. The normalized spacial score (nSPS) is 15.3. The van der Waals surface area contributed by atoms with Crippen LogP contribution in [0.25, 0.3) is 0 Å². The first kappa shape index (κ1) is 20.1. The molecule has 1 aliphatic rings. The van der Waals surface area contributed by atoms with E-state index in [9.17, 15) is 0 Å². The summed E-state index contributed by atoms with van der Waals surface area (Å²) in [5, 5.41) is 3.73. The van der Waals surface area contributed by atoms with Gasteiger partial charge in [0.25, 0.3) is 0 Å². The third-order valence-electron chi connectivity index (χ3n) is 5.84. The van der Waals surface area contributed by atoms with Crippen LogP contribution in [0.5, 0.6) is 0 Å². The molecular formula is C27H29N3. The predicted octanol–water partition coefficient (Wildman–Crippen LogP) is 6.44. The van der Waals surface area contributed by atoms with Crippen molar-refractivity contribution in [2.24, 2.45) is 15.9 Å². The van der Waals surface area contributed by atoms with Gasteiger partial charge in [-0.05, 0) is 36.1 Å². The van der Waals surface area contributed by atoms with Gasteiger partial charge in [0.15, 0.2) is 5.84 Å². The van der Waals surface area contributed by atoms with E-state index in [-0.39, 0.29) is 6.04 Å². The maximum absolute atomic E-state index is 4.78. The topological polar surface area (TPSA) is 36.8 Å². The first-order valence-corrected chi connectivity index (χ1v) is 10.7. The van der Waals surface area contributed by atoms with Crippen molar-refractivity contribution in [3.63, 3.8) is 0 Å². The molecule has 0 saturated heterocycles. The summed E-state index contributed by atoms with van der Waals surface area (Å²) in [5.74, 6) is 1.34. The summed E-state index contributed by atoms with van der Waals surface area (Å²) in [4.78, 5) is 9.44. The first-order chi connectivity index (χ1) is 14.6. The molecule has 2 atom stereocenters. The smallest absolute Gasteiger partial charge is 0.155 e. The Balaban J connectivity index is 1.53. The van der Waals surface area contributed by atoms with Gasteiger partial charge >= 0.3 is 0 Å². The maximum atomic E-state index is 4.78. The number of amidine groups is 1. The molecule has 3 heteroatoms. The van der Waals surface area contributed by atoms with Crippen LogP contribution in [0, 0.1) is 12.8 Å². The highest BCUT2D eigenvalue weighted by Crippen LogP contribution is 2.29. The van der Waals surface area contributed by atoms with Gasteiger partial charge in [0.05, 0.1) is 18.3 Å². The lowest BCUT2D eigenvalue weighted by Gasteiger charge is -2.26. The quantitative estimate of drug-likeness (QED) is 0.491. The molecular weight excluding hydrogens is 366 g/mol. The van der Waals surface area contributed by atoms with E-state index in [2.05, 4.69) is 91.7 Å². The largest absolute Gasteiger partial charge is 0.378 e. The van der Waals surface area contributed by atoms with E-state index in [1.54, 1.807) is 0 Å². The van der Waals surface area contributed by atoms with E-state index < -0.39 is 0 Å². The highest BCUT2D eigenvalue weighted by atomic mass is 15.0. The maximum Gasteiger partial charge on any atom is 0.155 e. The van der Waals surface area contributed by atoms with Crippen molar-refractivity contribution in [3.05, 3.63) is 101 Å². The molecule has 1 heterocycles. The summed E-state index contributed by atoms with van der Waals surface area (Å²) in [7, 11) is 0. The number of anilines is 1. The van der Waals surface area contributed by atoms with Crippen LogP contribution < -0.4 is 5.32 Å². The molecule has 0 aromatic heterocycles. The van der Waals surface area contributed by atoms with Gasteiger partial charge in [0.1, 0.15) is 0 Å². The summed E-state index contributed by atoms with van der Waals surface area (Å²) in [6.07, 6.45) is 1.11. The fourth-order valence-corrected chi connectivity index (χ4v) is 3.75. The zero-order valence-corrected chi connectivity index (χ0v) is 18.0. The molecule has 0 fully saturated rings. The van der Waals surface area contributed by atoms with Gasteiger partial charge < -0.3 is 5.32 Å². The molecule has 0 aliphatic carbocycles. The zero-order valence-electron chi connectivity index (χ0n) is 18.0. The van der Waals surface area contributed by atoms with Gasteiger partial charge in [-0.2, -0.15) is 0 Å². The van der Waals surface area contributed by atoms with Crippen LogP contribution >= 0.6 is 0 Å². The Hall–Kier alpha value is -3.20. The number of aryl methyl sites for hydroxylation is 1. The van der Waals surface area contributed by atoms with E-state index in [1.165, 1.54) is 11.1 Å². The monoisotopic (exact) mass is 395 g/mol. The van der Waals surface area contributed by atoms with Gasteiger partial charge in [-0.1, -0.05) is 92.6 Å². The number of nitrogens with zero attached hydrogens (tertiary/aromatic N) is 2. The van der Waals surface area contributed by atoms with Crippen molar-refractivity contribution in [1.82, 2.24) is 0 Å². The average molecular weight is 396 g/mol. The number of hydrogen-bond acceptors (Lipinski definition) is 3. The minimum atomic E-state index is 0.264. The van der Waals surface area contributed by atoms with Crippen LogP contribution in [0.1, 0.15) is 48.6 Å². The predicted molar refractivity (Wildman–Crippen MR) is 128 cm³/mol. The average Bonchev–Trinajstić information content (AvgIpc) is 3.29. The molecule has 0 radical (unpaired) electrons. The Bertz CT molecular complexity index is 1030. The Morgan fingerprint density at radius 3 is 2.23 bits per heavy atom. The Morgan fingerprint density at radius 1 is 0.867 bits per heavy atom. The van der Waals surface area contributed by atoms with E-state index in [1.807, 2.05) is 18.2 Å². The molecule has 4 rings (SSSR count). The summed E-state index contributed by atoms with van der Waals surface area (Å²) < 4.78 is 0. The standard InChI is InChI=1S/C27H29N3/c1-4-20(3)26(29-24-16-10-19(2)11-17-24)22-12-14-23(15-13-22)27-28-18-25(30-27)21-8-6-5-7-9-21/h5-17,20,26,29H,4,18H2,1-3H3. The van der Waals surface area contributed by atoms with Crippen molar-refractivity contribution in [2.75, 3.05) is 11.9 Å². The lowest BCUT2D eigenvalue weighted by Crippen LogP contribution is -2.18. The fraction of sp³-hybridized carbons (Fsp3) is 0.259. The molecule has 30 heavy (non-hydrogen) atoms. The molecule has 0 amide bonds. The molecule has 0 spiro atoms. The summed E-state index contributed by atoms with van der Waals surface area (Å²) in [6.45, 7) is 7.31. The SMILES string of the molecule is CCC(C)C(Nc1ccc(C)cc1)c1ccc(C2=NCC(c3ccccc3)=N2)cc1. The first-order valence-electron chi connectivity index (χ1n) is 10.7. The van der Waals surface area contributed by atoms with Gasteiger partial charge in [-0.3, -0.25) is 4.99 Å². The van der Waals surface area contributed by atoms with Gasteiger partial charge in [-0.15, -0.1) is 0 Å². The number of hydrogen-bond donors (Lipinski definition) is 1. The van der Waals surface area contributed by atoms with Crippen molar-refractivity contribution in [3.8, 4) is 0 Å². The van der Waals surface area contributed by atoms with Gasteiger partial charge in [0, 0.05) is 11.3 Å². The van der Waals surface area contributed by atoms with Crippen LogP contribution in [-0.2, 0) is 0 Å². The van der Waals surface area contributed by atoms with Crippen LogP contribution in [0.2, 0.25) is 0 Å². The zero-order chi connectivity index (χ0) is 20.9. The highest BCUT2D eigenvalue weighted by molar-refractivity contribution is 6.17. The number of nitrogens with one attached hydrogen (secondary N) is 1. The third kappa shape index (κ3) is 4.51. The van der Waals surface area contributed by atoms with Crippen LogP contribution in [0.4, 0.5) is 5.69 Å². The molecule has 152 valence electrons. The van der Waals surface area contributed by atoms with Crippen molar-refractivity contribution < 1.29 is 0 Å². The van der Waals surface area contributed by atoms with E-state index in [0.29, 0.717) is 12.5 Å². The Kier molecular flexibility index (Phi) is 6.08. The van der Waals surface area contributed by atoms with Crippen molar-refractivity contribution >= 4 is 17.2 Å². The second-order valence-electron chi connectivity index (χ2n) is 8.06. The Labute approximate surface area is 179 Å². The van der Waals surface area contributed by atoms with Gasteiger partial charge in [-0.25, -0.2) is 4.99 Å². The summed E-state index contributed by atoms with van der Waals surface area (Å²) in [5.41, 5.74) is 6.98. The second-order valence-corrected chi connectivity index (χ2v) is 8.06. The molecule has 2 unspecified atom stereocenters. The lowest BCUT2D eigenvalue weighted by molar-refractivity contribution is 0.482. The molecule has 1 N–H and O–H groups in total. The molecule has 0 saturated carbocycles. The number of aliphatic imine (C=N–C) groups is 2. The lowest BCUT2D eigenvalue weighted by atomic mass is 9.91. The van der Waals surface area contributed by atoms with Crippen molar-refractivity contribution in [2.45, 2.75) is 33.2 Å². The minimum absolute atomic E-state index is 0.264. The van der Waals surface area contributed by atoms with Gasteiger partial charge in [0.2, 0.25) is 0 Å². The third-order valence-corrected chi connectivity index (χ3v) is 5.84. The van der Waals surface area contributed by atoms with Crippen LogP contribution in [-0.4, -0.2) is 18.1 Å². The molecule has 3 aromatic carbocycles. The fourth-order valence-electron chi connectivity index (χ4n) is 3.75. The van der Waals surface area contributed by atoms with Crippen LogP contribution in [0.3, 0.4) is 0 Å².